The van der Waals surface area contributed by atoms with Gasteiger partial charge in [-0.05, 0) is 60.2 Å². The fourth-order valence-electron chi connectivity index (χ4n) is 4.85. The Morgan fingerprint density at radius 1 is 0.585 bits per heavy atom. The van der Waals surface area contributed by atoms with E-state index in [4.69, 9.17) is 13.6 Å². The van der Waals surface area contributed by atoms with Crippen molar-refractivity contribution >= 4 is 43.3 Å². The van der Waals surface area contributed by atoms with Gasteiger partial charge < -0.3 is 13.6 Å². The molecule has 0 saturated carbocycles. The van der Waals surface area contributed by atoms with Crippen molar-refractivity contribution in [3.63, 3.8) is 0 Å². The van der Waals surface area contributed by atoms with Crippen LogP contribution in [0.4, 0.5) is 0 Å². The normalized spacial score (nSPS) is 18.5. The van der Waals surface area contributed by atoms with Gasteiger partial charge in [0.05, 0.1) is 10.6 Å². The molecule has 3 unspecified atom stereocenters. The largest absolute Gasteiger partial charge is 0.440 e. The number of fused-ring (bicyclic) bond motifs is 3. The van der Waals surface area contributed by atoms with E-state index in [1.165, 1.54) is 19.4 Å². The first kappa shape index (κ1) is 27.4. The van der Waals surface area contributed by atoms with E-state index in [1.807, 2.05) is 42.5 Å². The van der Waals surface area contributed by atoms with E-state index in [0.29, 0.717) is 21.7 Å². The SMILES string of the molecule is CP(=O)(Oc1ccc(OP(C)(=O)c2ccccc2)c(P2(=O)Oc3ccccc3-c3ccccc32)c1)c1ccccc1. The molecule has 0 fully saturated rings. The summed E-state index contributed by atoms with van der Waals surface area (Å²) in [5.41, 5.74) is 1.58. The molecule has 1 aliphatic rings. The van der Waals surface area contributed by atoms with Crippen LogP contribution in [-0.2, 0) is 13.7 Å². The molecule has 0 saturated heterocycles. The number of benzene rings is 5. The molecule has 3 atom stereocenters. The lowest BCUT2D eigenvalue weighted by Crippen LogP contribution is -2.27. The molecular formula is C32H27O6P3. The standard InChI is InChI=1S/C32H27O6P3/c1-39(33,25-13-5-3-6-14-25)36-24-21-22-30(37-40(2,34)26-15-7-4-8-16-26)32(23-24)41(35)31-20-12-10-18-28(31)27-17-9-11-19-29(27)38-41/h3-23H,1-2H3. The van der Waals surface area contributed by atoms with E-state index >= 15 is 4.57 Å². The molecule has 9 heteroatoms. The third kappa shape index (κ3) is 5.20. The Morgan fingerprint density at radius 3 is 1.78 bits per heavy atom. The highest BCUT2D eigenvalue weighted by atomic mass is 31.2. The van der Waals surface area contributed by atoms with E-state index in [1.54, 1.807) is 78.9 Å². The molecule has 0 spiro atoms. The van der Waals surface area contributed by atoms with Gasteiger partial charge in [-0.25, -0.2) is 0 Å². The minimum Gasteiger partial charge on any atom is -0.440 e. The Bertz CT molecular complexity index is 1890. The van der Waals surface area contributed by atoms with Gasteiger partial charge in [0.2, 0.25) is 0 Å². The first-order valence-corrected chi connectivity index (χ1v) is 18.7. The van der Waals surface area contributed by atoms with E-state index in [2.05, 4.69) is 0 Å². The Kier molecular flexibility index (Phi) is 7.04. The number of hydrogen-bond acceptors (Lipinski definition) is 6. The van der Waals surface area contributed by atoms with Crippen LogP contribution in [-0.4, -0.2) is 13.3 Å². The Hall–Kier alpha value is -3.81. The number of hydrogen-bond donors (Lipinski definition) is 0. The highest BCUT2D eigenvalue weighted by Crippen LogP contribution is 2.57. The van der Waals surface area contributed by atoms with Crippen LogP contribution in [0.5, 0.6) is 17.2 Å². The van der Waals surface area contributed by atoms with Crippen molar-refractivity contribution in [1.29, 1.82) is 0 Å². The second-order valence-corrected chi connectivity index (χ2v) is 16.9. The van der Waals surface area contributed by atoms with Gasteiger partial charge in [-0.1, -0.05) is 72.8 Å². The average molecular weight is 600 g/mol. The van der Waals surface area contributed by atoms with Gasteiger partial charge >= 0.3 is 7.37 Å². The lowest BCUT2D eigenvalue weighted by Gasteiger charge is -2.30. The minimum atomic E-state index is -3.88. The number of para-hydroxylation sites is 1. The lowest BCUT2D eigenvalue weighted by molar-refractivity contribution is 0.486. The smallest absolute Gasteiger partial charge is 0.311 e. The second-order valence-electron chi connectivity index (χ2n) is 9.83. The topological polar surface area (TPSA) is 78.9 Å². The van der Waals surface area contributed by atoms with E-state index in [-0.39, 0.29) is 16.8 Å². The van der Waals surface area contributed by atoms with Crippen LogP contribution in [0.25, 0.3) is 11.1 Å². The van der Waals surface area contributed by atoms with Gasteiger partial charge in [-0.3, -0.25) is 13.7 Å². The molecule has 206 valence electrons. The zero-order valence-electron chi connectivity index (χ0n) is 22.4. The molecule has 6 nitrogen and oxygen atoms in total. The predicted molar refractivity (Wildman–Crippen MR) is 166 cm³/mol. The molecule has 0 aliphatic carbocycles. The van der Waals surface area contributed by atoms with Gasteiger partial charge in [0, 0.05) is 29.5 Å². The van der Waals surface area contributed by atoms with E-state index in [0.717, 1.165) is 11.1 Å². The van der Waals surface area contributed by atoms with E-state index < -0.39 is 22.1 Å². The van der Waals surface area contributed by atoms with Crippen LogP contribution in [0.2, 0.25) is 0 Å². The van der Waals surface area contributed by atoms with Crippen LogP contribution in [0.1, 0.15) is 0 Å². The van der Waals surface area contributed by atoms with Crippen molar-refractivity contribution in [2.75, 3.05) is 13.3 Å². The molecule has 0 bridgehead atoms. The summed E-state index contributed by atoms with van der Waals surface area (Å²) in [4.78, 5) is 0. The second kappa shape index (κ2) is 10.5. The third-order valence-corrected chi connectivity index (χ3v) is 12.9. The summed E-state index contributed by atoms with van der Waals surface area (Å²) >= 11 is 0. The maximum atomic E-state index is 15.1. The Balaban J connectivity index is 1.52. The average Bonchev–Trinajstić information content (AvgIpc) is 2.99. The summed E-state index contributed by atoms with van der Waals surface area (Å²) in [7, 11) is -10.6. The van der Waals surface area contributed by atoms with Crippen LogP contribution in [0, 0.1) is 0 Å². The van der Waals surface area contributed by atoms with Crippen LogP contribution < -0.4 is 34.8 Å². The van der Waals surface area contributed by atoms with Gasteiger partial charge in [0.25, 0.3) is 14.7 Å². The first-order valence-electron chi connectivity index (χ1n) is 13.0. The highest BCUT2D eigenvalue weighted by molar-refractivity contribution is 7.75. The van der Waals surface area contributed by atoms with Gasteiger partial charge in [-0.15, -0.1) is 0 Å². The number of rotatable bonds is 7. The predicted octanol–water partition coefficient (Wildman–Crippen LogP) is 7.20. The quantitative estimate of drug-likeness (QED) is 0.184. The maximum absolute atomic E-state index is 15.1. The molecule has 5 aromatic rings. The van der Waals surface area contributed by atoms with Crippen molar-refractivity contribution in [3.05, 3.63) is 127 Å². The van der Waals surface area contributed by atoms with Crippen molar-refractivity contribution in [3.8, 4) is 28.4 Å². The fourth-order valence-corrected chi connectivity index (χ4v) is 10.0. The summed E-state index contributed by atoms with van der Waals surface area (Å²) < 4.78 is 61.1. The summed E-state index contributed by atoms with van der Waals surface area (Å²) in [6.45, 7) is 3.06. The van der Waals surface area contributed by atoms with Gasteiger partial charge in [0.1, 0.15) is 17.2 Å². The minimum absolute atomic E-state index is 0.134. The fraction of sp³-hybridized carbons (Fsp3) is 0.0625. The molecule has 1 heterocycles. The van der Waals surface area contributed by atoms with Crippen molar-refractivity contribution in [2.45, 2.75) is 0 Å². The van der Waals surface area contributed by atoms with Crippen molar-refractivity contribution in [2.24, 2.45) is 0 Å². The zero-order valence-corrected chi connectivity index (χ0v) is 25.1. The molecule has 0 N–H and O–H groups in total. The molecule has 0 radical (unpaired) electrons. The van der Waals surface area contributed by atoms with Crippen molar-refractivity contribution in [1.82, 2.24) is 0 Å². The van der Waals surface area contributed by atoms with Gasteiger partial charge in [0.15, 0.2) is 0 Å². The molecule has 6 rings (SSSR count). The maximum Gasteiger partial charge on any atom is 0.311 e. The van der Waals surface area contributed by atoms with E-state index in [9.17, 15) is 9.13 Å². The molecule has 41 heavy (non-hydrogen) atoms. The molecule has 5 aromatic carbocycles. The van der Waals surface area contributed by atoms with Crippen LogP contribution >= 0.6 is 22.1 Å². The van der Waals surface area contributed by atoms with Crippen molar-refractivity contribution < 1.29 is 27.3 Å². The Labute approximate surface area is 239 Å². The lowest BCUT2D eigenvalue weighted by atomic mass is 10.0. The summed E-state index contributed by atoms with van der Waals surface area (Å²) in [5.74, 6) is 0.818. The van der Waals surface area contributed by atoms with Crippen LogP contribution in [0.15, 0.2) is 127 Å². The summed E-state index contributed by atoms with van der Waals surface area (Å²) in [6.07, 6.45) is 0. The molecular weight excluding hydrogens is 573 g/mol. The summed E-state index contributed by atoms with van der Waals surface area (Å²) in [6, 6.07) is 37.2. The Morgan fingerprint density at radius 2 is 1.12 bits per heavy atom. The first-order chi connectivity index (χ1) is 19.7. The monoisotopic (exact) mass is 600 g/mol. The summed E-state index contributed by atoms with van der Waals surface area (Å²) in [5, 5.41) is 1.71. The molecule has 0 amide bonds. The van der Waals surface area contributed by atoms with Crippen LogP contribution in [0.3, 0.4) is 0 Å². The zero-order chi connectivity index (χ0) is 28.7. The molecule has 0 aromatic heterocycles. The highest BCUT2D eigenvalue weighted by Gasteiger charge is 2.41. The molecule has 1 aliphatic heterocycles. The third-order valence-electron chi connectivity index (χ3n) is 6.88. The van der Waals surface area contributed by atoms with Gasteiger partial charge in [-0.2, -0.15) is 0 Å².